The first-order valence-electron chi connectivity index (χ1n) is 12.2. The van der Waals surface area contributed by atoms with E-state index < -0.39 is 5.92 Å². The van der Waals surface area contributed by atoms with Crippen molar-refractivity contribution in [2.75, 3.05) is 24.5 Å². The molecule has 7 heteroatoms. The lowest BCUT2D eigenvalue weighted by atomic mass is 9.76. The van der Waals surface area contributed by atoms with E-state index >= 15 is 0 Å². The highest BCUT2D eigenvalue weighted by Crippen LogP contribution is 2.41. The lowest BCUT2D eigenvalue weighted by Gasteiger charge is -2.39. The van der Waals surface area contributed by atoms with E-state index in [-0.39, 0.29) is 23.7 Å². The van der Waals surface area contributed by atoms with E-state index in [1.165, 1.54) is 29.2 Å². The molecule has 1 aromatic heterocycles. The van der Waals surface area contributed by atoms with Gasteiger partial charge in [-0.2, -0.15) is 5.26 Å². The molecule has 3 rings (SSSR count). The standard InChI is InChI=1S/C25H36BrN3O2S/c1-4-6-10-18(5-2)16-29-23(30)20(17(3)21(15-27)24(29)31)13-19-14-22(26)25(32-19)28-11-8-7-9-12-28/h14,17-18,20-21H,4-13,16H2,1-3H3. The van der Waals surface area contributed by atoms with Crippen molar-refractivity contribution in [3.8, 4) is 6.07 Å². The molecule has 2 aliphatic rings. The molecule has 2 aliphatic heterocycles. The molecular formula is C25H36BrN3O2S. The number of thiophene rings is 1. The summed E-state index contributed by atoms with van der Waals surface area (Å²) in [5.74, 6) is -1.43. The van der Waals surface area contributed by atoms with Crippen LogP contribution in [0.15, 0.2) is 10.5 Å². The number of amides is 2. The number of rotatable bonds is 9. The normalized spacial score (nSPS) is 25.2. The third-order valence-corrected chi connectivity index (χ3v) is 9.27. The van der Waals surface area contributed by atoms with Crippen molar-refractivity contribution < 1.29 is 9.59 Å². The Hall–Kier alpha value is -1.39. The molecule has 0 spiro atoms. The fourth-order valence-electron chi connectivity index (χ4n) is 5.00. The van der Waals surface area contributed by atoms with Crippen LogP contribution in [0.5, 0.6) is 0 Å². The van der Waals surface area contributed by atoms with Gasteiger partial charge in [0.15, 0.2) is 0 Å². The molecule has 0 aliphatic carbocycles. The number of halogens is 1. The van der Waals surface area contributed by atoms with E-state index in [0.29, 0.717) is 18.9 Å². The third-order valence-electron chi connectivity index (χ3n) is 7.18. The smallest absolute Gasteiger partial charge is 0.246 e. The van der Waals surface area contributed by atoms with Crippen LogP contribution < -0.4 is 4.90 Å². The first kappa shape index (κ1) is 25.2. The number of hydrogen-bond acceptors (Lipinski definition) is 5. The third kappa shape index (κ3) is 5.56. The van der Waals surface area contributed by atoms with Crippen molar-refractivity contribution in [1.82, 2.24) is 4.90 Å². The van der Waals surface area contributed by atoms with Crippen LogP contribution in [0, 0.1) is 35.0 Å². The summed E-state index contributed by atoms with van der Waals surface area (Å²) in [5, 5.41) is 11.0. The van der Waals surface area contributed by atoms with Gasteiger partial charge in [-0.15, -0.1) is 11.3 Å². The summed E-state index contributed by atoms with van der Waals surface area (Å²) < 4.78 is 1.09. The molecule has 0 aromatic carbocycles. The fourth-order valence-corrected chi connectivity index (χ4v) is 7.07. The number of anilines is 1. The van der Waals surface area contributed by atoms with Gasteiger partial charge in [0, 0.05) is 30.4 Å². The average Bonchev–Trinajstić information content (AvgIpc) is 3.17. The number of hydrogen-bond donors (Lipinski definition) is 0. The lowest BCUT2D eigenvalue weighted by Crippen LogP contribution is -2.55. The van der Waals surface area contributed by atoms with Crippen molar-refractivity contribution >= 4 is 44.1 Å². The zero-order valence-electron chi connectivity index (χ0n) is 19.6. The molecule has 0 radical (unpaired) electrons. The van der Waals surface area contributed by atoms with Gasteiger partial charge < -0.3 is 4.90 Å². The van der Waals surface area contributed by atoms with Crippen molar-refractivity contribution in [1.29, 1.82) is 5.26 Å². The minimum absolute atomic E-state index is 0.0898. The molecule has 5 nitrogen and oxygen atoms in total. The topological polar surface area (TPSA) is 64.4 Å². The van der Waals surface area contributed by atoms with E-state index in [1.54, 1.807) is 11.3 Å². The summed E-state index contributed by atoms with van der Waals surface area (Å²) in [6.07, 6.45) is 8.46. The summed E-state index contributed by atoms with van der Waals surface area (Å²) in [6.45, 7) is 8.77. The molecule has 4 unspecified atom stereocenters. The van der Waals surface area contributed by atoms with Crippen LogP contribution in [0.1, 0.15) is 70.6 Å². The summed E-state index contributed by atoms with van der Waals surface area (Å²) >= 11 is 5.47. The molecule has 4 atom stereocenters. The van der Waals surface area contributed by atoms with E-state index in [4.69, 9.17) is 0 Å². The van der Waals surface area contributed by atoms with Gasteiger partial charge in [0.05, 0.1) is 10.5 Å². The van der Waals surface area contributed by atoms with Crippen LogP contribution in [-0.4, -0.2) is 36.3 Å². The van der Waals surface area contributed by atoms with E-state index in [0.717, 1.165) is 48.1 Å². The summed E-state index contributed by atoms with van der Waals surface area (Å²) in [7, 11) is 0. The maximum absolute atomic E-state index is 13.5. The summed E-state index contributed by atoms with van der Waals surface area (Å²) in [5.41, 5.74) is 0. The van der Waals surface area contributed by atoms with Crippen molar-refractivity contribution in [2.45, 2.75) is 72.1 Å². The van der Waals surface area contributed by atoms with Gasteiger partial charge in [-0.3, -0.25) is 14.5 Å². The number of likely N-dealkylation sites (tertiary alicyclic amines) is 1. The maximum atomic E-state index is 13.5. The first-order chi connectivity index (χ1) is 15.4. The molecule has 32 heavy (non-hydrogen) atoms. The molecule has 0 saturated carbocycles. The summed E-state index contributed by atoms with van der Waals surface area (Å²) in [4.78, 5) is 31.5. The number of carbonyl (C=O) groups is 2. The van der Waals surface area contributed by atoms with Gasteiger partial charge in [0.25, 0.3) is 0 Å². The van der Waals surface area contributed by atoms with Gasteiger partial charge in [0.1, 0.15) is 10.9 Å². The van der Waals surface area contributed by atoms with Crippen LogP contribution in [0.4, 0.5) is 5.00 Å². The number of nitrogens with zero attached hydrogens (tertiary/aromatic N) is 3. The molecule has 2 fully saturated rings. The summed E-state index contributed by atoms with van der Waals surface area (Å²) in [6, 6.07) is 4.35. The number of unbranched alkanes of at least 4 members (excludes halogenated alkanes) is 1. The van der Waals surface area contributed by atoms with Gasteiger partial charge in [0.2, 0.25) is 11.8 Å². The molecule has 0 bridgehead atoms. The highest BCUT2D eigenvalue weighted by Gasteiger charge is 2.46. The van der Waals surface area contributed by atoms with Crippen LogP contribution in [-0.2, 0) is 16.0 Å². The quantitative estimate of drug-likeness (QED) is 0.372. The molecule has 1 aromatic rings. The van der Waals surface area contributed by atoms with Gasteiger partial charge >= 0.3 is 0 Å². The van der Waals surface area contributed by atoms with E-state index in [1.807, 2.05) is 6.92 Å². The Morgan fingerprint density at radius 2 is 1.94 bits per heavy atom. The molecule has 2 saturated heterocycles. The number of piperidine rings is 2. The molecule has 3 heterocycles. The second-order valence-corrected chi connectivity index (χ2v) is 11.4. The van der Waals surface area contributed by atoms with Gasteiger partial charge in [-0.25, -0.2) is 0 Å². The minimum Gasteiger partial charge on any atom is -0.363 e. The van der Waals surface area contributed by atoms with Crippen LogP contribution >= 0.6 is 27.3 Å². The fraction of sp³-hybridized carbons (Fsp3) is 0.720. The Bertz CT molecular complexity index is 843. The number of nitriles is 1. The highest BCUT2D eigenvalue weighted by atomic mass is 79.9. The van der Waals surface area contributed by atoms with E-state index in [2.05, 4.69) is 46.8 Å². The van der Waals surface area contributed by atoms with E-state index in [9.17, 15) is 14.9 Å². The monoisotopic (exact) mass is 521 g/mol. The Kier molecular flexibility index (Phi) is 9.19. The number of imide groups is 1. The van der Waals surface area contributed by atoms with Gasteiger partial charge in [-0.1, -0.05) is 40.0 Å². The molecule has 0 N–H and O–H groups in total. The highest BCUT2D eigenvalue weighted by molar-refractivity contribution is 9.10. The van der Waals surface area contributed by atoms with Crippen LogP contribution in [0.3, 0.4) is 0 Å². The molecule has 2 amide bonds. The van der Waals surface area contributed by atoms with Crippen LogP contribution in [0.2, 0.25) is 0 Å². The first-order valence-corrected chi connectivity index (χ1v) is 13.8. The molecule has 176 valence electrons. The second-order valence-electron chi connectivity index (χ2n) is 9.39. The van der Waals surface area contributed by atoms with Crippen LogP contribution in [0.25, 0.3) is 0 Å². The second kappa shape index (κ2) is 11.7. The zero-order chi connectivity index (χ0) is 23.3. The average molecular weight is 523 g/mol. The van der Waals surface area contributed by atoms with Gasteiger partial charge in [-0.05, 0) is 65.9 Å². The Balaban J connectivity index is 1.79. The number of carbonyl (C=O) groups excluding carboxylic acids is 2. The SMILES string of the molecule is CCCCC(CC)CN1C(=O)C(C#N)C(C)C(Cc2cc(Br)c(N3CCCCC3)s2)C1=O. The zero-order valence-corrected chi connectivity index (χ0v) is 22.0. The van der Waals surface area contributed by atoms with Crippen molar-refractivity contribution in [3.63, 3.8) is 0 Å². The predicted molar refractivity (Wildman–Crippen MR) is 134 cm³/mol. The Morgan fingerprint density at radius 1 is 1.22 bits per heavy atom. The largest absolute Gasteiger partial charge is 0.363 e. The Morgan fingerprint density at radius 3 is 2.56 bits per heavy atom. The Labute approximate surface area is 205 Å². The predicted octanol–water partition coefficient (Wildman–Crippen LogP) is 6.02. The van der Waals surface area contributed by atoms with Crippen molar-refractivity contribution in [2.24, 2.45) is 23.7 Å². The lowest BCUT2D eigenvalue weighted by molar-refractivity contribution is -0.158. The maximum Gasteiger partial charge on any atom is 0.246 e. The van der Waals surface area contributed by atoms with Crippen molar-refractivity contribution in [3.05, 3.63) is 15.4 Å². The molecular weight excluding hydrogens is 486 g/mol. The minimum atomic E-state index is -0.744.